The first kappa shape index (κ1) is 10.7. The van der Waals surface area contributed by atoms with Gasteiger partial charge in [-0.2, -0.15) is 0 Å². The number of likely N-dealkylation sites (tertiary alicyclic amines) is 1. The van der Waals surface area contributed by atoms with Gasteiger partial charge in [-0.05, 0) is 38.1 Å². The first-order valence-electron chi connectivity index (χ1n) is 6.02. The van der Waals surface area contributed by atoms with Gasteiger partial charge in [0.25, 0.3) is 0 Å². The van der Waals surface area contributed by atoms with E-state index in [0.29, 0.717) is 5.84 Å². The maximum Gasteiger partial charge on any atom is 0.156 e. The number of amidine groups is 1. The Hall–Kier alpha value is -0.770. The highest BCUT2D eigenvalue weighted by Gasteiger charge is 2.30. The van der Waals surface area contributed by atoms with E-state index < -0.39 is 0 Å². The van der Waals surface area contributed by atoms with Gasteiger partial charge in [-0.25, -0.2) is 0 Å². The average molecular weight is 211 g/mol. The number of hydrogen-bond donors (Lipinski definition) is 2. The van der Waals surface area contributed by atoms with Gasteiger partial charge in [-0.1, -0.05) is 18.0 Å². The summed E-state index contributed by atoms with van der Waals surface area (Å²) in [6.45, 7) is 2.25. The average Bonchev–Trinajstić information content (AvgIpc) is 2.88. The minimum Gasteiger partial charge on any atom is -0.409 e. The van der Waals surface area contributed by atoms with Crippen LogP contribution in [0.3, 0.4) is 0 Å². The molecule has 0 amide bonds. The summed E-state index contributed by atoms with van der Waals surface area (Å²) in [6.07, 6.45) is 7.70. The first-order valence-corrected chi connectivity index (χ1v) is 6.02. The Morgan fingerprint density at radius 1 is 1.27 bits per heavy atom. The van der Waals surface area contributed by atoms with Crippen LogP contribution in [0.1, 0.15) is 38.5 Å². The van der Waals surface area contributed by atoms with Crippen molar-refractivity contribution in [3.63, 3.8) is 0 Å². The van der Waals surface area contributed by atoms with Crippen LogP contribution in [0.15, 0.2) is 5.16 Å². The van der Waals surface area contributed by atoms with Crippen molar-refractivity contribution in [1.82, 2.24) is 4.90 Å². The van der Waals surface area contributed by atoms with Crippen molar-refractivity contribution in [2.75, 3.05) is 13.1 Å². The van der Waals surface area contributed by atoms with Gasteiger partial charge in [-0.3, -0.25) is 4.90 Å². The van der Waals surface area contributed by atoms with Crippen LogP contribution >= 0.6 is 0 Å². The van der Waals surface area contributed by atoms with E-state index in [0.717, 1.165) is 25.4 Å². The van der Waals surface area contributed by atoms with Crippen LogP contribution in [0.4, 0.5) is 0 Å². The molecule has 0 aromatic heterocycles. The molecule has 2 fully saturated rings. The molecule has 1 aliphatic carbocycles. The van der Waals surface area contributed by atoms with E-state index in [1.807, 2.05) is 0 Å². The maximum atomic E-state index is 8.71. The van der Waals surface area contributed by atoms with E-state index in [4.69, 9.17) is 10.9 Å². The minimum absolute atomic E-state index is 0.190. The Morgan fingerprint density at radius 2 is 2.00 bits per heavy atom. The first-order chi connectivity index (χ1) is 7.31. The van der Waals surface area contributed by atoms with Crippen LogP contribution in [0.25, 0.3) is 0 Å². The molecule has 2 rings (SSSR count). The second kappa shape index (κ2) is 4.84. The second-order valence-electron chi connectivity index (χ2n) is 4.83. The number of nitrogens with zero attached hydrogens (tertiary/aromatic N) is 2. The summed E-state index contributed by atoms with van der Waals surface area (Å²) in [5.74, 6) is 1.24. The van der Waals surface area contributed by atoms with Crippen molar-refractivity contribution in [1.29, 1.82) is 0 Å². The molecule has 4 nitrogen and oxygen atoms in total. The smallest absolute Gasteiger partial charge is 0.156 e. The van der Waals surface area contributed by atoms with Crippen molar-refractivity contribution in [3.8, 4) is 0 Å². The van der Waals surface area contributed by atoms with E-state index in [1.54, 1.807) is 0 Å². The Morgan fingerprint density at radius 3 is 2.67 bits per heavy atom. The van der Waals surface area contributed by atoms with Crippen LogP contribution in [0.2, 0.25) is 0 Å². The molecule has 1 aliphatic heterocycles. The third kappa shape index (κ3) is 2.43. The van der Waals surface area contributed by atoms with E-state index in [-0.39, 0.29) is 6.04 Å². The van der Waals surface area contributed by atoms with Gasteiger partial charge < -0.3 is 10.9 Å². The molecule has 1 unspecified atom stereocenters. The molecule has 2 aliphatic rings. The van der Waals surface area contributed by atoms with Crippen molar-refractivity contribution in [2.45, 2.75) is 44.6 Å². The van der Waals surface area contributed by atoms with Crippen LogP contribution in [0.5, 0.6) is 0 Å². The number of oxime groups is 1. The predicted octanol–water partition coefficient (Wildman–Crippen LogP) is 1.39. The fraction of sp³-hybridized carbons (Fsp3) is 0.909. The highest BCUT2D eigenvalue weighted by molar-refractivity contribution is 5.85. The third-order valence-corrected chi connectivity index (χ3v) is 3.79. The van der Waals surface area contributed by atoms with Gasteiger partial charge in [0, 0.05) is 6.54 Å². The Kier molecular flexibility index (Phi) is 3.46. The van der Waals surface area contributed by atoms with Gasteiger partial charge in [0.15, 0.2) is 5.84 Å². The molecular formula is C11H21N3O. The molecule has 15 heavy (non-hydrogen) atoms. The summed E-state index contributed by atoms with van der Waals surface area (Å²) >= 11 is 0. The quantitative estimate of drug-likeness (QED) is 0.321. The highest BCUT2D eigenvalue weighted by atomic mass is 16.4. The van der Waals surface area contributed by atoms with Gasteiger partial charge in [0.1, 0.15) is 0 Å². The summed E-state index contributed by atoms with van der Waals surface area (Å²) in [4.78, 5) is 2.39. The van der Waals surface area contributed by atoms with Gasteiger partial charge in [-0.15, -0.1) is 0 Å². The highest BCUT2D eigenvalue weighted by Crippen LogP contribution is 2.28. The molecule has 1 saturated carbocycles. The molecular weight excluding hydrogens is 190 g/mol. The predicted molar refractivity (Wildman–Crippen MR) is 60.0 cm³/mol. The van der Waals surface area contributed by atoms with Crippen LogP contribution in [-0.2, 0) is 0 Å². The van der Waals surface area contributed by atoms with Crippen molar-refractivity contribution < 1.29 is 5.21 Å². The van der Waals surface area contributed by atoms with Crippen LogP contribution in [-0.4, -0.2) is 35.1 Å². The Bertz CT molecular complexity index is 236. The standard InChI is InChI=1S/C11H21N3O/c12-11(13-15)10-6-3-7-14(10)8-9-4-1-2-5-9/h9-10,15H,1-8H2,(H2,12,13). The Labute approximate surface area is 91.1 Å². The van der Waals surface area contributed by atoms with E-state index in [2.05, 4.69) is 10.1 Å². The van der Waals surface area contributed by atoms with Gasteiger partial charge >= 0.3 is 0 Å². The third-order valence-electron chi connectivity index (χ3n) is 3.79. The fourth-order valence-corrected chi connectivity index (χ4v) is 2.97. The summed E-state index contributed by atoms with van der Waals surface area (Å²) < 4.78 is 0. The van der Waals surface area contributed by atoms with Crippen molar-refractivity contribution in [3.05, 3.63) is 0 Å². The second-order valence-corrected chi connectivity index (χ2v) is 4.83. The number of nitrogens with two attached hydrogens (primary N) is 1. The Balaban J connectivity index is 1.89. The molecule has 86 valence electrons. The lowest BCUT2D eigenvalue weighted by molar-refractivity contribution is 0.244. The lowest BCUT2D eigenvalue weighted by atomic mass is 10.1. The van der Waals surface area contributed by atoms with E-state index >= 15 is 0 Å². The molecule has 0 radical (unpaired) electrons. The van der Waals surface area contributed by atoms with Crippen LogP contribution in [0, 0.1) is 5.92 Å². The monoisotopic (exact) mass is 211 g/mol. The lowest BCUT2D eigenvalue weighted by Crippen LogP contribution is -2.42. The topological polar surface area (TPSA) is 61.9 Å². The summed E-state index contributed by atoms with van der Waals surface area (Å²) in [5.41, 5.74) is 5.70. The zero-order valence-corrected chi connectivity index (χ0v) is 9.23. The van der Waals surface area contributed by atoms with E-state index in [9.17, 15) is 0 Å². The zero-order chi connectivity index (χ0) is 10.7. The maximum absolute atomic E-state index is 8.71. The van der Waals surface area contributed by atoms with Gasteiger partial charge in [0.2, 0.25) is 0 Å². The molecule has 0 aromatic rings. The summed E-state index contributed by atoms with van der Waals surface area (Å²) in [7, 11) is 0. The fourth-order valence-electron chi connectivity index (χ4n) is 2.97. The van der Waals surface area contributed by atoms with Crippen molar-refractivity contribution >= 4 is 5.84 Å². The lowest BCUT2D eigenvalue weighted by Gasteiger charge is -2.26. The molecule has 4 heteroatoms. The van der Waals surface area contributed by atoms with Gasteiger partial charge in [0.05, 0.1) is 6.04 Å². The molecule has 1 saturated heterocycles. The number of rotatable bonds is 3. The molecule has 0 bridgehead atoms. The molecule has 1 heterocycles. The molecule has 0 aromatic carbocycles. The minimum atomic E-state index is 0.190. The number of hydrogen-bond acceptors (Lipinski definition) is 3. The SMILES string of the molecule is NC(=NO)C1CCCN1CC1CCCC1. The summed E-state index contributed by atoms with van der Waals surface area (Å²) in [6, 6.07) is 0.190. The van der Waals surface area contributed by atoms with E-state index in [1.165, 1.54) is 32.1 Å². The van der Waals surface area contributed by atoms with Crippen molar-refractivity contribution in [2.24, 2.45) is 16.8 Å². The molecule has 3 N–H and O–H groups in total. The zero-order valence-electron chi connectivity index (χ0n) is 9.23. The summed E-state index contributed by atoms with van der Waals surface area (Å²) in [5, 5.41) is 11.9. The van der Waals surface area contributed by atoms with Crippen LogP contribution < -0.4 is 5.73 Å². The largest absolute Gasteiger partial charge is 0.409 e. The molecule has 0 spiro atoms. The normalized spacial score (nSPS) is 30.1. The molecule has 1 atom stereocenters.